The van der Waals surface area contributed by atoms with Crippen molar-refractivity contribution in [2.45, 2.75) is 32.7 Å². The maximum Gasteiger partial charge on any atom is 0.221 e. The van der Waals surface area contributed by atoms with Crippen molar-refractivity contribution < 1.29 is 13.2 Å². The van der Waals surface area contributed by atoms with Gasteiger partial charge in [0.1, 0.15) is 0 Å². The third-order valence-corrected chi connectivity index (χ3v) is 3.33. The van der Waals surface area contributed by atoms with E-state index in [9.17, 15) is 13.2 Å². The van der Waals surface area contributed by atoms with Crippen LogP contribution in [0, 0.1) is 0 Å². The zero-order chi connectivity index (χ0) is 12.8. The highest BCUT2D eigenvalue weighted by molar-refractivity contribution is 7.89. The molecule has 0 saturated carbocycles. The van der Waals surface area contributed by atoms with Gasteiger partial charge in [-0.05, 0) is 20.8 Å². The Morgan fingerprint density at radius 2 is 1.88 bits per heavy atom. The molecule has 0 unspecified atom stereocenters. The van der Waals surface area contributed by atoms with E-state index in [1.807, 2.05) is 20.8 Å². The van der Waals surface area contributed by atoms with Crippen molar-refractivity contribution >= 4 is 27.5 Å². The molecule has 0 aromatic heterocycles. The number of carbonyl (C=O) groups is 1. The van der Waals surface area contributed by atoms with Gasteiger partial charge in [-0.3, -0.25) is 4.79 Å². The SMILES string of the molecule is CC(C)(C)NC(=O)CCNS(=O)(=O)CCCl. The fraction of sp³-hybridized carbons (Fsp3) is 0.889. The van der Waals surface area contributed by atoms with Gasteiger partial charge in [0.25, 0.3) is 0 Å². The summed E-state index contributed by atoms with van der Waals surface area (Å²) in [5.41, 5.74) is -0.300. The summed E-state index contributed by atoms with van der Waals surface area (Å²) in [7, 11) is -3.33. The van der Waals surface area contributed by atoms with Gasteiger partial charge >= 0.3 is 0 Å². The van der Waals surface area contributed by atoms with E-state index in [4.69, 9.17) is 11.6 Å². The highest BCUT2D eigenvalue weighted by atomic mass is 35.5. The topological polar surface area (TPSA) is 75.3 Å². The molecule has 0 spiro atoms. The highest BCUT2D eigenvalue weighted by Crippen LogP contribution is 1.98. The summed E-state index contributed by atoms with van der Waals surface area (Å²) >= 11 is 5.32. The zero-order valence-corrected chi connectivity index (χ0v) is 11.4. The quantitative estimate of drug-likeness (QED) is 0.688. The molecular formula is C9H19ClN2O3S. The molecule has 2 N–H and O–H groups in total. The molecule has 0 radical (unpaired) electrons. The van der Waals surface area contributed by atoms with Crippen LogP contribution in [-0.2, 0) is 14.8 Å². The Balaban J connectivity index is 3.87. The molecule has 0 aliphatic carbocycles. The van der Waals surface area contributed by atoms with Crippen LogP contribution in [0.1, 0.15) is 27.2 Å². The van der Waals surface area contributed by atoms with Crippen molar-refractivity contribution in [1.29, 1.82) is 0 Å². The number of rotatable bonds is 6. The lowest BCUT2D eigenvalue weighted by Gasteiger charge is -2.20. The van der Waals surface area contributed by atoms with Gasteiger partial charge in [0.15, 0.2) is 0 Å². The van der Waals surface area contributed by atoms with Crippen LogP contribution in [0.25, 0.3) is 0 Å². The van der Waals surface area contributed by atoms with E-state index in [-0.39, 0.29) is 36.0 Å². The van der Waals surface area contributed by atoms with Crippen molar-refractivity contribution in [3.05, 3.63) is 0 Å². The lowest BCUT2D eigenvalue weighted by Crippen LogP contribution is -2.42. The highest BCUT2D eigenvalue weighted by Gasteiger charge is 2.14. The van der Waals surface area contributed by atoms with Crippen molar-refractivity contribution in [2.75, 3.05) is 18.2 Å². The first-order valence-electron chi connectivity index (χ1n) is 5.00. The number of hydrogen-bond acceptors (Lipinski definition) is 3. The molecule has 96 valence electrons. The molecule has 0 bridgehead atoms. The smallest absolute Gasteiger partial charge is 0.221 e. The number of alkyl halides is 1. The average molecular weight is 271 g/mol. The van der Waals surface area contributed by atoms with Gasteiger partial charge in [-0.15, -0.1) is 11.6 Å². The second-order valence-corrected chi connectivity index (χ2v) is 6.75. The number of amides is 1. The molecule has 0 aliphatic heterocycles. The van der Waals surface area contributed by atoms with Crippen LogP contribution in [0.15, 0.2) is 0 Å². The molecule has 0 aliphatic rings. The largest absolute Gasteiger partial charge is 0.351 e. The number of sulfonamides is 1. The fourth-order valence-electron chi connectivity index (χ4n) is 0.975. The van der Waals surface area contributed by atoms with Crippen LogP contribution in [0.3, 0.4) is 0 Å². The van der Waals surface area contributed by atoms with E-state index in [0.29, 0.717) is 0 Å². The Morgan fingerprint density at radius 3 is 2.31 bits per heavy atom. The van der Waals surface area contributed by atoms with Crippen molar-refractivity contribution in [3.8, 4) is 0 Å². The number of halogens is 1. The summed E-state index contributed by atoms with van der Waals surface area (Å²) in [6, 6.07) is 0. The van der Waals surface area contributed by atoms with Gasteiger partial charge in [-0.2, -0.15) is 0 Å². The first kappa shape index (κ1) is 15.7. The first-order valence-corrected chi connectivity index (χ1v) is 7.19. The maximum absolute atomic E-state index is 11.3. The standard InChI is InChI=1S/C9H19ClN2O3S/c1-9(2,3)12-8(13)4-6-11-16(14,15)7-5-10/h11H,4-7H2,1-3H3,(H,12,13). The van der Waals surface area contributed by atoms with Gasteiger partial charge in [0, 0.05) is 24.4 Å². The average Bonchev–Trinajstić information content (AvgIpc) is 1.99. The number of hydrogen-bond donors (Lipinski definition) is 2. The molecular weight excluding hydrogens is 252 g/mol. The predicted octanol–water partition coefficient (Wildman–Crippen LogP) is 0.449. The van der Waals surface area contributed by atoms with E-state index in [0.717, 1.165) is 0 Å². The predicted molar refractivity (Wildman–Crippen MR) is 65.0 cm³/mol. The zero-order valence-electron chi connectivity index (χ0n) is 9.84. The number of nitrogens with one attached hydrogen (secondary N) is 2. The third kappa shape index (κ3) is 8.94. The first-order chi connectivity index (χ1) is 7.16. The van der Waals surface area contributed by atoms with Crippen molar-refractivity contribution in [3.63, 3.8) is 0 Å². The van der Waals surface area contributed by atoms with Gasteiger partial charge < -0.3 is 5.32 Å². The second kappa shape index (κ2) is 6.42. The van der Waals surface area contributed by atoms with Crippen molar-refractivity contribution in [1.82, 2.24) is 10.0 Å². The minimum absolute atomic E-state index is 0.0452. The summed E-state index contributed by atoms with van der Waals surface area (Å²) in [6.07, 6.45) is 0.124. The maximum atomic E-state index is 11.3. The molecule has 0 aromatic rings. The molecule has 0 fully saturated rings. The third-order valence-electron chi connectivity index (χ3n) is 1.53. The lowest BCUT2D eigenvalue weighted by atomic mass is 10.1. The van der Waals surface area contributed by atoms with Crippen molar-refractivity contribution in [2.24, 2.45) is 0 Å². The summed E-state index contributed by atoms with van der Waals surface area (Å²) in [4.78, 5) is 11.3. The molecule has 0 saturated heterocycles. The molecule has 5 nitrogen and oxygen atoms in total. The Labute approximate surface area is 102 Å². The van der Waals surface area contributed by atoms with E-state index >= 15 is 0 Å². The molecule has 7 heteroatoms. The summed E-state index contributed by atoms with van der Waals surface area (Å²) in [6.45, 7) is 5.69. The Hall–Kier alpha value is -0.330. The molecule has 0 rings (SSSR count). The van der Waals surface area contributed by atoms with E-state index in [1.54, 1.807) is 0 Å². The second-order valence-electron chi connectivity index (χ2n) is 4.45. The van der Waals surface area contributed by atoms with Gasteiger partial charge in [-0.25, -0.2) is 13.1 Å². The van der Waals surface area contributed by atoms with Gasteiger partial charge in [-0.1, -0.05) is 0 Å². The van der Waals surface area contributed by atoms with Crippen LogP contribution >= 0.6 is 11.6 Å². The van der Waals surface area contributed by atoms with Crippen LogP contribution in [0.4, 0.5) is 0 Å². The molecule has 0 atom stereocenters. The Kier molecular flexibility index (Phi) is 6.28. The fourth-order valence-corrected chi connectivity index (χ4v) is 2.34. The molecule has 0 aromatic carbocycles. The van der Waals surface area contributed by atoms with Crippen LogP contribution in [0.5, 0.6) is 0 Å². The number of carbonyl (C=O) groups excluding carboxylic acids is 1. The van der Waals surface area contributed by atoms with Gasteiger partial charge in [0.2, 0.25) is 15.9 Å². The van der Waals surface area contributed by atoms with Gasteiger partial charge in [0.05, 0.1) is 5.75 Å². The molecule has 16 heavy (non-hydrogen) atoms. The van der Waals surface area contributed by atoms with E-state index in [2.05, 4.69) is 10.0 Å². The minimum atomic E-state index is -3.33. The summed E-state index contributed by atoms with van der Waals surface area (Å²) in [5, 5.41) is 2.74. The summed E-state index contributed by atoms with van der Waals surface area (Å²) < 4.78 is 24.6. The minimum Gasteiger partial charge on any atom is -0.351 e. The Morgan fingerprint density at radius 1 is 1.31 bits per heavy atom. The summed E-state index contributed by atoms with van der Waals surface area (Å²) in [5.74, 6) is -0.264. The van der Waals surface area contributed by atoms with Crippen LogP contribution < -0.4 is 10.0 Å². The Bertz CT molecular complexity index is 322. The molecule has 0 heterocycles. The normalized spacial score (nSPS) is 12.5. The molecule has 1 amide bonds. The lowest BCUT2D eigenvalue weighted by molar-refractivity contribution is -0.122. The van der Waals surface area contributed by atoms with Crippen LogP contribution in [0.2, 0.25) is 0 Å². The van der Waals surface area contributed by atoms with E-state index < -0.39 is 10.0 Å². The van der Waals surface area contributed by atoms with Crippen LogP contribution in [-0.4, -0.2) is 38.0 Å². The van der Waals surface area contributed by atoms with E-state index in [1.165, 1.54) is 0 Å². The monoisotopic (exact) mass is 270 g/mol.